The highest BCUT2D eigenvalue weighted by Crippen LogP contribution is 2.16. The van der Waals surface area contributed by atoms with E-state index in [1.165, 1.54) is 24.9 Å². The van der Waals surface area contributed by atoms with Crippen LogP contribution in [-0.4, -0.2) is 13.2 Å². The quantitative estimate of drug-likeness (QED) is 0.638. The summed E-state index contributed by atoms with van der Waals surface area (Å²) in [4.78, 5) is 0. The topological polar surface area (TPSA) is 21.3 Å². The van der Waals surface area contributed by atoms with Gasteiger partial charge in [0, 0.05) is 12.2 Å². The third-order valence-electron chi connectivity index (χ3n) is 2.70. The van der Waals surface area contributed by atoms with Crippen molar-refractivity contribution in [3.63, 3.8) is 0 Å². The summed E-state index contributed by atoms with van der Waals surface area (Å²) in [6.45, 7) is 6.25. The molecule has 2 heteroatoms. The number of anilines is 1. The predicted molar refractivity (Wildman–Crippen MR) is 74.9 cm³/mol. The third kappa shape index (κ3) is 6.20. The Labute approximate surface area is 105 Å². The highest BCUT2D eigenvalue weighted by atomic mass is 16.5. The average Bonchev–Trinajstić information content (AvgIpc) is 2.37. The maximum atomic E-state index is 5.68. The van der Waals surface area contributed by atoms with Crippen molar-refractivity contribution in [2.45, 2.75) is 46.0 Å². The van der Waals surface area contributed by atoms with Gasteiger partial charge in [-0.25, -0.2) is 0 Å². The van der Waals surface area contributed by atoms with E-state index in [-0.39, 0.29) is 0 Å². The van der Waals surface area contributed by atoms with Crippen LogP contribution in [0.25, 0.3) is 0 Å². The zero-order valence-electron chi connectivity index (χ0n) is 11.2. The average molecular weight is 235 g/mol. The van der Waals surface area contributed by atoms with Crippen LogP contribution in [-0.2, 0) is 0 Å². The van der Waals surface area contributed by atoms with E-state index in [1.807, 2.05) is 12.1 Å². The van der Waals surface area contributed by atoms with Crippen LogP contribution in [0.3, 0.4) is 0 Å². The fourth-order valence-electron chi connectivity index (χ4n) is 1.66. The van der Waals surface area contributed by atoms with Crippen LogP contribution in [0.4, 0.5) is 5.69 Å². The summed E-state index contributed by atoms with van der Waals surface area (Å²) >= 11 is 0. The monoisotopic (exact) mass is 235 g/mol. The predicted octanol–water partition coefficient (Wildman–Crippen LogP) is 4.47. The Morgan fingerprint density at radius 3 is 2.35 bits per heavy atom. The third-order valence-corrected chi connectivity index (χ3v) is 2.70. The summed E-state index contributed by atoms with van der Waals surface area (Å²) in [6, 6.07) is 8.24. The number of unbranched alkanes of at least 4 members (excludes halogenated alkanes) is 3. The molecule has 1 N–H and O–H groups in total. The molecule has 0 atom stereocenters. The van der Waals surface area contributed by atoms with Crippen LogP contribution in [0.5, 0.6) is 5.75 Å². The molecular weight excluding hydrogens is 210 g/mol. The Balaban J connectivity index is 2.20. The minimum atomic E-state index is 0.835. The van der Waals surface area contributed by atoms with Gasteiger partial charge in [0.1, 0.15) is 5.75 Å². The van der Waals surface area contributed by atoms with Crippen molar-refractivity contribution in [1.29, 1.82) is 0 Å². The molecule has 0 saturated carbocycles. The first-order valence-corrected chi connectivity index (χ1v) is 6.83. The van der Waals surface area contributed by atoms with Crippen molar-refractivity contribution in [1.82, 2.24) is 0 Å². The van der Waals surface area contributed by atoms with E-state index in [2.05, 4.69) is 31.3 Å². The van der Waals surface area contributed by atoms with E-state index in [0.29, 0.717) is 0 Å². The number of nitrogens with one attached hydrogen (secondary N) is 1. The SMILES string of the molecule is CCCCCCOc1ccc(NCCC)cc1. The lowest BCUT2D eigenvalue weighted by molar-refractivity contribution is 0.305. The number of ether oxygens (including phenoxy) is 1. The van der Waals surface area contributed by atoms with Crippen LogP contribution in [0, 0.1) is 0 Å². The fourth-order valence-corrected chi connectivity index (χ4v) is 1.66. The summed E-state index contributed by atoms with van der Waals surface area (Å²) in [5.41, 5.74) is 1.17. The Morgan fingerprint density at radius 2 is 1.71 bits per heavy atom. The van der Waals surface area contributed by atoms with E-state index in [4.69, 9.17) is 4.74 Å². The summed E-state index contributed by atoms with van der Waals surface area (Å²) in [5, 5.41) is 3.35. The second kappa shape index (κ2) is 8.91. The standard InChI is InChI=1S/C15H25NO/c1-3-5-6-7-13-17-15-10-8-14(9-11-15)16-12-4-2/h8-11,16H,3-7,12-13H2,1-2H3. The van der Waals surface area contributed by atoms with Crippen LogP contribution < -0.4 is 10.1 Å². The summed E-state index contributed by atoms with van der Waals surface area (Å²) < 4.78 is 5.68. The molecule has 0 aliphatic carbocycles. The smallest absolute Gasteiger partial charge is 0.119 e. The van der Waals surface area contributed by atoms with E-state index < -0.39 is 0 Å². The maximum Gasteiger partial charge on any atom is 0.119 e. The highest BCUT2D eigenvalue weighted by Gasteiger charge is 1.95. The minimum Gasteiger partial charge on any atom is -0.494 e. The van der Waals surface area contributed by atoms with Gasteiger partial charge in [-0.05, 0) is 37.1 Å². The van der Waals surface area contributed by atoms with Crippen LogP contribution in [0.15, 0.2) is 24.3 Å². The lowest BCUT2D eigenvalue weighted by atomic mass is 10.2. The molecular formula is C15H25NO. The van der Waals surface area contributed by atoms with Gasteiger partial charge in [0.05, 0.1) is 6.61 Å². The van der Waals surface area contributed by atoms with Gasteiger partial charge in [-0.3, -0.25) is 0 Å². The van der Waals surface area contributed by atoms with E-state index >= 15 is 0 Å². The molecule has 1 rings (SSSR count). The van der Waals surface area contributed by atoms with Gasteiger partial charge in [0.15, 0.2) is 0 Å². The Kier molecular flexibility index (Phi) is 7.28. The van der Waals surface area contributed by atoms with Gasteiger partial charge in [0.2, 0.25) is 0 Å². The molecule has 0 aliphatic rings. The molecule has 0 aliphatic heterocycles. The zero-order valence-corrected chi connectivity index (χ0v) is 11.2. The molecule has 1 aromatic carbocycles. The van der Waals surface area contributed by atoms with Gasteiger partial charge < -0.3 is 10.1 Å². The molecule has 1 aromatic rings. The molecule has 96 valence electrons. The lowest BCUT2D eigenvalue weighted by Gasteiger charge is -2.08. The van der Waals surface area contributed by atoms with Gasteiger partial charge in [-0.2, -0.15) is 0 Å². The zero-order chi connectivity index (χ0) is 12.3. The first-order valence-electron chi connectivity index (χ1n) is 6.83. The second-order valence-electron chi connectivity index (χ2n) is 4.36. The summed E-state index contributed by atoms with van der Waals surface area (Å²) in [7, 11) is 0. The largest absolute Gasteiger partial charge is 0.494 e. The van der Waals surface area contributed by atoms with Crippen LogP contribution >= 0.6 is 0 Å². The van der Waals surface area contributed by atoms with Crippen molar-refractivity contribution in [2.24, 2.45) is 0 Å². The molecule has 0 radical (unpaired) electrons. The Hall–Kier alpha value is -1.18. The number of hydrogen-bond acceptors (Lipinski definition) is 2. The highest BCUT2D eigenvalue weighted by molar-refractivity contribution is 5.46. The molecule has 17 heavy (non-hydrogen) atoms. The molecule has 0 saturated heterocycles. The fraction of sp³-hybridized carbons (Fsp3) is 0.600. The molecule has 0 fully saturated rings. The Morgan fingerprint density at radius 1 is 0.941 bits per heavy atom. The van der Waals surface area contributed by atoms with Crippen molar-refractivity contribution in [3.8, 4) is 5.75 Å². The molecule has 2 nitrogen and oxygen atoms in total. The normalized spacial score (nSPS) is 10.2. The molecule has 0 unspecified atom stereocenters. The van der Waals surface area contributed by atoms with E-state index in [0.717, 1.165) is 31.7 Å². The molecule has 0 amide bonds. The molecule has 0 bridgehead atoms. The van der Waals surface area contributed by atoms with Crippen molar-refractivity contribution in [3.05, 3.63) is 24.3 Å². The minimum absolute atomic E-state index is 0.835. The van der Waals surface area contributed by atoms with Gasteiger partial charge in [0.25, 0.3) is 0 Å². The first-order chi connectivity index (χ1) is 8.36. The second-order valence-corrected chi connectivity index (χ2v) is 4.36. The molecule has 0 aromatic heterocycles. The van der Waals surface area contributed by atoms with Crippen LogP contribution in [0.1, 0.15) is 46.0 Å². The van der Waals surface area contributed by atoms with Crippen molar-refractivity contribution >= 4 is 5.69 Å². The summed E-state index contributed by atoms with van der Waals surface area (Å²) in [6.07, 6.45) is 6.16. The molecule has 0 heterocycles. The Bertz CT molecular complexity index is 281. The number of hydrogen-bond donors (Lipinski definition) is 1. The number of rotatable bonds is 9. The van der Waals surface area contributed by atoms with E-state index in [9.17, 15) is 0 Å². The van der Waals surface area contributed by atoms with Crippen LogP contribution in [0.2, 0.25) is 0 Å². The lowest BCUT2D eigenvalue weighted by Crippen LogP contribution is -2.00. The maximum absolute atomic E-state index is 5.68. The van der Waals surface area contributed by atoms with Gasteiger partial charge >= 0.3 is 0 Å². The summed E-state index contributed by atoms with van der Waals surface area (Å²) in [5.74, 6) is 0.976. The van der Waals surface area contributed by atoms with E-state index in [1.54, 1.807) is 0 Å². The van der Waals surface area contributed by atoms with Crippen molar-refractivity contribution in [2.75, 3.05) is 18.5 Å². The number of benzene rings is 1. The van der Waals surface area contributed by atoms with Gasteiger partial charge in [-0.15, -0.1) is 0 Å². The van der Waals surface area contributed by atoms with Crippen molar-refractivity contribution < 1.29 is 4.74 Å². The first kappa shape index (κ1) is 13.9. The van der Waals surface area contributed by atoms with Gasteiger partial charge in [-0.1, -0.05) is 33.1 Å². The molecule has 0 spiro atoms.